The summed E-state index contributed by atoms with van der Waals surface area (Å²) in [5.41, 5.74) is 5.17. The Morgan fingerprint density at radius 3 is 2.73 bits per heavy atom. The van der Waals surface area contributed by atoms with Crippen molar-refractivity contribution in [1.82, 2.24) is 14.8 Å². The zero-order valence-electron chi connectivity index (χ0n) is 15.2. The number of hydrogen-bond acceptors (Lipinski definition) is 4. The molecule has 2 N–H and O–H groups in total. The molecule has 5 nitrogen and oxygen atoms in total. The SMILES string of the molecule is Cc1c(-c2ccc3c(c2O)CCC3)nnc2c1ccn2C1CC(C)(O)C1. The molecule has 1 aromatic carbocycles. The smallest absolute Gasteiger partial charge is 0.163 e. The van der Waals surface area contributed by atoms with Crippen LogP contribution >= 0.6 is 0 Å². The summed E-state index contributed by atoms with van der Waals surface area (Å²) in [7, 11) is 0. The molecule has 0 saturated heterocycles. The molecule has 5 heteroatoms. The second-order valence-corrected chi connectivity index (χ2v) is 8.15. The molecule has 0 amide bonds. The molecule has 2 aliphatic rings. The predicted molar refractivity (Wildman–Crippen MR) is 100 cm³/mol. The van der Waals surface area contributed by atoms with Gasteiger partial charge in [-0.2, -0.15) is 0 Å². The third-order valence-electron chi connectivity index (χ3n) is 6.14. The van der Waals surface area contributed by atoms with E-state index in [2.05, 4.69) is 26.9 Å². The molecule has 1 fully saturated rings. The third-order valence-corrected chi connectivity index (χ3v) is 6.14. The lowest BCUT2D eigenvalue weighted by Crippen LogP contribution is -2.41. The number of phenolic OH excluding ortho intramolecular Hbond substituents is 1. The van der Waals surface area contributed by atoms with Gasteiger partial charge in [0.1, 0.15) is 11.4 Å². The first-order valence-corrected chi connectivity index (χ1v) is 9.35. The van der Waals surface area contributed by atoms with Crippen LogP contribution in [-0.4, -0.2) is 30.6 Å². The minimum atomic E-state index is -0.570. The van der Waals surface area contributed by atoms with Gasteiger partial charge in [0.25, 0.3) is 0 Å². The lowest BCUT2D eigenvalue weighted by atomic mass is 9.77. The van der Waals surface area contributed by atoms with Gasteiger partial charge in [0, 0.05) is 23.2 Å². The van der Waals surface area contributed by atoms with E-state index in [1.54, 1.807) is 0 Å². The number of aromatic nitrogens is 3. The van der Waals surface area contributed by atoms with Crippen molar-refractivity contribution < 1.29 is 10.2 Å². The van der Waals surface area contributed by atoms with Gasteiger partial charge in [-0.05, 0) is 74.8 Å². The fourth-order valence-electron chi connectivity index (χ4n) is 4.68. The number of benzene rings is 1. The molecule has 0 atom stereocenters. The lowest BCUT2D eigenvalue weighted by Gasteiger charge is -2.41. The molecular weight excluding hydrogens is 326 g/mol. The van der Waals surface area contributed by atoms with Crippen molar-refractivity contribution in [3.8, 4) is 17.0 Å². The van der Waals surface area contributed by atoms with Gasteiger partial charge in [0.05, 0.1) is 5.60 Å². The summed E-state index contributed by atoms with van der Waals surface area (Å²) < 4.78 is 2.12. The fraction of sp³-hybridized carbons (Fsp3) is 0.429. The van der Waals surface area contributed by atoms with Gasteiger partial charge in [0.15, 0.2) is 5.65 Å². The van der Waals surface area contributed by atoms with Gasteiger partial charge in [0.2, 0.25) is 0 Å². The van der Waals surface area contributed by atoms with Gasteiger partial charge in [-0.3, -0.25) is 0 Å². The maximum absolute atomic E-state index is 10.8. The first kappa shape index (κ1) is 15.8. The molecule has 5 rings (SSSR count). The highest BCUT2D eigenvalue weighted by Crippen LogP contribution is 2.43. The Labute approximate surface area is 152 Å². The Morgan fingerprint density at radius 1 is 1.15 bits per heavy atom. The summed E-state index contributed by atoms with van der Waals surface area (Å²) in [5.74, 6) is 0.367. The molecule has 0 unspecified atom stereocenters. The maximum Gasteiger partial charge on any atom is 0.163 e. The molecule has 0 spiro atoms. The van der Waals surface area contributed by atoms with E-state index in [0.29, 0.717) is 5.75 Å². The van der Waals surface area contributed by atoms with Crippen molar-refractivity contribution in [3.63, 3.8) is 0 Å². The predicted octanol–water partition coefficient (Wildman–Crippen LogP) is 3.69. The second-order valence-electron chi connectivity index (χ2n) is 8.15. The quantitative estimate of drug-likeness (QED) is 0.740. The van der Waals surface area contributed by atoms with E-state index in [0.717, 1.165) is 65.5 Å². The minimum absolute atomic E-state index is 0.274. The summed E-state index contributed by atoms with van der Waals surface area (Å²) in [6, 6.07) is 6.43. The van der Waals surface area contributed by atoms with Crippen LogP contribution in [0.1, 0.15) is 48.9 Å². The Hall–Kier alpha value is -2.40. The Morgan fingerprint density at radius 2 is 1.96 bits per heavy atom. The number of hydrogen-bond donors (Lipinski definition) is 2. The summed E-state index contributed by atoms with van der Waals surface area (Å²) in [4.78, 5) is 0. The third kappa shape index (κ3) is 2.20. The monoisotopic (exact) mass is 349 g/mol. The highest BCUT2D eigenvalue weighted by molar-refractivity contribution is 5.86. The lowest BCUT2D eigenvalue weighted by molar-refractivity contribution is -0.0498. The van der Waals surface area contributed by atoms with Crippen molar-refractivity contribution in [2.24, 2.45) is 0 Å². The van der Waals surface area contributed by atoms with Crippen molar-refractivity contribution in [3.05, 3.63) is 41.1 Å². The van der Waals surface area contributed by atoms with Crippen LogP contribution in [-0.2, 0) is 12.8 Å². The molecule has 1 saturated carbocycles. The van der Waals surface area contributed by atoms with Gasteiger partial charge in [-0.15, -0.1) is 10.2 Å². The molecular formula is C21H23N3O2. The first-order valence-electron chi connectivity index (χ1n) is 9.35. The van der Waals surface area contributed by atoms with Gasteiger partial charge >= 0.3 is 0 Å². The Kier molecular flexibility index (Phi) is 3.23. The van der Waals surface area contributed by atoms with E-state index in [-0.39, 0.29) is 6.04 Å². The maximum atomic E-state index is 10.8. The molecule has 2 aromatic heterocycles. The van der Waals surface area contributed by atoms with Crippen LogP contribution in [0, 0.1) is 6.92 Å². The molecule has 0 bridgehead atoms. The van der Waals surface area contributed by atoms with E-state index in [1.165, 1.54) is 5.56 Å². The number of aliphatic hydroxyl groups is 1. The Balaban J connectivity index is 1.60. The molecule has 26 heavy (non-hydrogen) atoms. The van der Waals surface area contributed by atoms with E-state index in [1.807, 2.05) is 26.1 Å². The molecule has 0 radical (unpaired) electrons. The topological polar surface area (TPSA) is 71.2 Å². The highest BCUT2D eigenvalue weighted by atomic mass is 16.3. The normalized spacial score (nSPS) is 24.7. The first-order chi connectivity index (χ1) is 12.4. The van der Waals surface area contributed by atoms with Gasteiger partial charge < -0.3 is 14.8 Å². The van der Waals surface area contributed by atoms with Gasteiger partial charge in [-0.1, -0.05) is 6.07 Å². The minimum Gasteiger partial charge on any atom is -0.507 e. The Bertz CT molecular complexity index is 1030. The number of aryl methyl sites for hydroxylation is 2. The zero-order valence-corrected chi connectivity index (χ0v) is 15.2. The molecule has 134 valence electrons. The van der Waals surface area contributed by atoms with Crippen LogP contribution < -0.4 is 0 Å². The molecule has 2 aliphatic carbocycles. The largest absolute Gasteiger partial charge is 0.507 e. The average Bonchev–Trinajstić information content (AvgIpc) is 3.21. The standard InChI is InChI=1S/C21H23N3O2/c1-12-15-8-9-24(14-10-21(2,26)11-14)20(15)23-22-18(12)17-7-6-13-4-3-5-16(13)19(17)25/h6-9,14,25-26H,3-5,10-11H2,1-2H3. The number of rotatable bonds is 2. The fourth-order valence-corrected chi connectivity index (χ4v) is 4.68. The van der Waals surface area contributed by atoms with Crippen LogP contribution in [0.5, 0.6) is 5.75 Å². The van der Waals surface area contributed by atoms with Gasteiger partial charge in [-0.25, -0.2) is 0 Å². The summed E-state index contributed by atoms with van der Waals surface area (Å²) >= 11 is 0. The number of nitrogens with zero attached hydrogens (tertiary/aromatic N) is 3. The van der Waals surface area contributed by atoms with Crippen molar-refractivity contribution in [1.29, 1.82) is 0 Å². The number of fused-ring (bicyclic) bond motifs is 2. The molecule has 2 heterocycles. The van der Waals surface area contributed by atoms with E-state index >= 15 is 0 Å². The van der Waals surface area contributed by atoms with Crippen molar-refractivity contribution >= 4 is 11.0 Å². The summed E-state index contributed by atoms with van der Waals surface area (Å²) in [5, 5.41) is 30.8. The van der Waals surface area contributed by atoms with Crippen LogP contribution in [0.2, 0.25) is 0 Å². The van der Waals surface area contributed by atoms with Crippen molar-refractivity contribution in [2.45, 2.75) is 57.6 Å². The van der Waals surface area contributed by atoms with Crippen LogP contribution in [0.15, 0.2) is 24.4 Å². The van der Waals surface area contributed by atoms with E-state index in [4.69, 9.17) is 0 Å². The molecule has 0 aliphatic heterocycles. The van der Waals surface area contributed by atoms with Crippen LogP contribution in [0.25, 0.3) is 22.3 Å². The summed E-state index contributed by atoms with van der Waals surface area (Å²) in [6.07, 6.45) is 6.60. The zero-order chi connectivity index (χ0) is 18.1. The van der Waals surface area contributed by atoms with Crippen LogP contribution in [0.4, 0.5) is 0 Å². The highest BCUT2D eigenvalue weighted by Gasteiger charge is 2.40. The number of aromatic hydroxyl groups is 1. The van der Waals surface area contributed by atoms with Crippen molar-refractivity contribution in [2.75, 3.05) is 0 Å². The number of phenols is 1. The average molecular weight is 349 g/mol. The second kappa shape index (κ2) is 5.30. The van der Waals surface area contributed by atoms with E-state index in [9.17, 15) is 10.2 Å². The van der Waals surface area contributed by atoms with Crippen LogP contribution in [0.3, 0.4) is 0 Å². The van der Waals surface area contributed by atoms with E-state index < -0.39 is 5.60 Å². The summed E-state index contributed by atoms with van der Waals surface area (Å²) in [6.45, 7) is 3.92. The molecule has 3 aromatic rings.